The molecule has 0 atom stereocenters. The standard InChI is InChI=1S/C30H33/c1-2-21(4-6-29-15-23-9-24(16-29)11-25(10-23)17-29)8-22(3-1)5-7-30-18-26-12-27(19-30)14-28(13-26)20-30/h1-3,23-28H,9-20H2. The normalized spacial score (nSPS) is 46.8. The fourth-order valence-corrected chi connectivity index (χ4v) is 9.54. The number of hydrogen-bond donors (Lipinski definition) is 0. The van der Waals surface area contributed by atoms with E-state index in [-0.39, 0.29) is 0 Å². The Labute approximate surface area is 182 Å². The van der Waals surface area contributed by atoms with E-state index in [4.69, 9.17) is 0 Å². The first-order valence-electron chi connectivity index (χ1n) is 12.7. The SMILES string of the molecule is C(#CC12CC3CC(CC(C3)C1)C2)c1[c]c(C#CC23CC4CC(CC(C4)C2)C3)ccc1. The fourth-order valence-electron chi connectivity index (χ4n) is 9.54. The molecular weight excluding hydrogens is 360 g/mol. The molecule has 8 saturated carbocycles. The zero-order valence-corrected chi connectivity index (χ0v) is 18.2. The van der Waals surface area contributed by atoms with Crippen molar-refractivity contribution in [3.8, 4) is 23.7 Å². The molecule has 0 heterocycles. The molecule has 0 spiro atoms. The Morgan fingerprint density at radius 2 is 0.900 bits per heavy atom. The quantitative estimate of drug-likeness (QED) is 0.434. The van der Waals surface area contributed by atoms with Crippen molar-refractivity contribution in [1.29, 1.82) is 0 Å². The van der Waals surface area contributed by atoms with Gasteiger partial charge in [-0.3, -0.25) is 0 Å². The van der Waals surface area contributed by atoms with Crippen LogP contribution in [0.15, 0.2) is 18.2 Å². The Hall–Kier alpha value is -1.66. The highest BCUT2D eigenvalue weighted by molar-refractivity contribution is 5.44. The average Bonchev–Trinajstić information content (AvgIpc) is 2.69. The third-order valence-electron chi connectivity index (χ3n) is 9.80. The predicted molar refractivity (Wildman–Crippen MR) is 120 cm³/mol. The van der Waals surface area contributed by atoms with Gasteiger partial charge in [0.05, 0.1) is 0 Å². The van der Waals surface area contributed by atoms with Crippen molar-refractivity contribution < 1.29 is 0 Å². The lowest BCUT2D eigenvalue weighted by Crippen LogP contribution is -2.45. The van der Waals surface area contributed by atoms with Gasteiger partial charge in [0.15, 0.2) is 0 Å². The lowest BCUT2D eigenvalue weighted by Gasteiger charge is -2.54. The van der Waals surface area contributed by atoms with Crippen molar-refractivity contribution in [2.24, 2.45) is 46.3 Å². The van der Waals surface area contributed by atoms with E-state index in [0.29, 0.717) is 10.8 Å². The van der Waals surface area contributed by atoms with Gasteiger partial charge in [0.25, 0.3) is 0 Å². The third-order valence-corrected chi connectivity index (χ3v) is 9.80. The Kier molecular flexibility index (Phi) is 3.85. The van der Waals surface area contributed by atoms with E-state index in [2.05, 4.69) is 47.9 Å². The highest BCUT2D eigenvalue weighted by Gasteiger charge is 2.51. The van der Waals surface area contributed by atoms with E-state index in [9.17, 15) is 0 Å². The van der Waals surface area contributed by atoms with Gasteiger partial charge in [-0.15, -0.1) is 0 Å². The third kappa shape index (κ3) is 3.06. The summed E-state index contributed by atoms with van der Waals surface area (Å²) in [4.78, 5) is 0. The second kappa shape index (κ2) is 6.42. The maximum Gasteiger partial charge on any atom is 0.0337 e. The zero-order chi connectivity index (χ0) is 19.8. The van der Waals surface area contributed by atoms with Gasteiger partial charge in [0.2, 0.25) is 0 Å². The molecular formula is C30H33. The summed E-state index contributed by atoms with van der Waals surface area (Å²) in [6.07, 6.45) is 17.1. The monoisotopic (exact) mass is 393 g/mol. The molecule has 1 aromatic rings. The molecule has 0 aliphatic heterocycles. The van der Waals surface area contributed by atoms with Gasteiger partial charge in [0, 0.05) is 28.0 Å². The molecule has 0 aromatic heterocycles. The molecule has 8 bridgehead atoms. The number of rotatable bonds is 0. The molecule has 8 aliphatic carbocycles. The van der Waals surface area contributed by atoms with E-state index in [1.54, 1.807) is 0 Å². The first kappa shape index (κ1) is 18.0. The zero-order valence-electron chi connectivity index (χ0n) is 18.2. The minimum atomic E-state index is 0.323. The summed E-state index contributed by atoms with van der Waals surface area (Å²) in [5.74, 6) is 20.5. The van der Waals surface area contributed by atoms with Gasteiger partial charge in [-0.1, -0.05) is 29.7 Å². The molecule has 0 N–H and O–H groups in total. The lowest BCUT2D eigenvalue weighted by molar-refractivity contribution is -0.0182. The molecule has 1 radical (unpaired) electrons. The highest BCUT2D eigenvalue weighted by Crippen LogP contribution is 2.60. The van der Waals surface area contributed by atoms with Gasteiger partial charge >= 0.3 is 0 Å². The van der Waals surface area contributed by atoms with Crippen molar-refractivity contribution in [2.45, 2.75) is 77.0 Å². The van der Waals surface area contributed by atoms with Crippen molar-refractivity contribution in [2.75, 3.05) is 0 Å². The van der Waals surface area contributed by atoms with Crippen LogP contribution in [0.4, 0.5) is 0 Å². The van der Waals surface area contributed by atoms with E-state index in [0.717, 1.165) is 46.6 Å². The van der Waals surface area contributed by atoms with Gasteiger partial charge in [-0.25, -0.2) is 0 Å². The Morgan fingerprint density at radius 3 is 1.23 bits per heavy atom. The van der Waals surface area contributed by atoms with Crippen LogP contribution in [0.25, 0.3) is 0 Å². The summed E-state index contributed by atoms with van der Waals surface area (Å²) in [5, 5.41) is 0. The topological polar surface area (TPSA) is 0 Å². The first-order valence-corrected chi connectivity index (χ1v) is 12.7. The minimum absolute atomic E-state index is 0.323. The van der Waals surface area contributed by atoms with Crippen molar-refractivity contribution >= 4 is 0 Å². The van der Waals surface area contributed by atoms with Crippen LogP contribution in [0.1, 0.15) is 88.2 Å². The van der Waals surface area contributed by atoms with Crippen LogP contribution in [-0.4, -0.2) is 0 Å². The molecule has 0 heteroatoms. The van der Waals surface area contributed by atoms with Gasteiger partial charge in [-0.05, 0) is 125 Å². The van der Waals surface area contributed by atoms with E-state index in [1.165, 1.54) is 77.0 Å². The molecule has 0 saturated heterocycles. The Bertz CT molecular complexity index is 838. The lowest BCUT2D eigenvalue weighted by atomic mass is 9.50. The van der Waals surface area contributed by atoms with E-state index in [1.807, 2.05) is 0 Å². The average molecular weight is 394 g/mol. The largest absolute Gasteiger partial charge is 0.0910 e. The van der Waals surface area contributed by atoms with Crippen LogP contribution in [-0.2, 0) is 0 Å². The van der Waals surface area contributed by atoms with Gasteiger partial charge in [0.1, 0.15) is 0 Å². The number of benzene rings is 1. The van der Waals surface area contributed by atoms with Crippen LogP contribution < -0.4 is 0 Å². The smallest absolute Gasteiger partial charge is 0.0337 e. The molecule has 8 aliphatic rings. The minimum Gasteiger partial charge on any atom is -0.0910 e. The molecule has 1 aromatic carbocycles. The second-order valence-corrected chi connectivity index (χ2v) is 12.4. The summed E-state index contributed by atoms with van der Waals surface area (Å²) < 4.78 is 0. The van der Waals surface area contributed by atoms with Crippen LogP contribution in [0, 0.1) is 76.1 Å². The highest BCUT2D eigenvalue weighted by atomic mass is 14.5. The second-order valence-electron chi connectivity index (χ2n) is 12.4. The summed E-state index contributed by atoms with van der Waals surface area (Å²) in [6, 6.07) is 9.99. The summed E-state index contributed by atoms with van der Waals surface area (Å²) in [7, 11) is 0. The van der Waals surface area contributed by atoms with Crippen molar-refractivity contribution in [3.05, 3.63) is 35.4 Å². The number of hydrogen-bond acceptors (Lipinski definition) is 0. The summed E-state index contributed by atoms with van der Waals surface area (Å²) in [6.45, 7) is 0. The van der Waals surface area contributed by atoms with Crippen molar-refractivity contribution in [1.82, 2.24) is 0 Å². The van der Waals surface area contributed by atoms with Crippen LogP contribution in [0.2, 0.25) is 0 Å². The Balaban J connectivity index is 1.13. The molecule has 8 fully saturated rings. The van der Waals surface area contributed by atoms with Gasteiger partial charge in [-0.2, -0.15) is 0 Å². The van der Waals surface area contributed by atoms with Crippen molar-refractivity contribution in [3.63, 3.8) is 0 Å². The summed E-state index contributed by atoms with van der Waals surface area (Å²) in [5.41, 5.74) is 2.76. The summed E-state index contributed by atoms with van der Waals surface area (Å²) >= 11 is 0. The maximum absolute atomic E-state index is 3.79. The predicted octanol–water partition coefficient (Wildman–Crippen LogP) is 6.62. The first-order chi connectivity index (χ1) is 14.6. The maximum atomic E-state index is 3.79. The van der Waals surface area contributed by atoms with Crippen LogP contribution in [0.3, 0.4) is 0 Å². The van der Waals surface area contributed by atoms with Crippen LogP contribution >= 0.6 is 0 Å². The molecule has 9 rings (SSSR count). The van der Waals surface area contributed by atoms with Crippen LogP contribution in [0.5, 0.6) is 0 Å². The molecule has 153 valence electrons. The molecule has 0 nitrogen and oxygen atoms in total. The molecule has 0 unspecified atom stereocenters. The van der Waals surface area contributed by atoms with E-state index < -0.39 is 0 Å². The molecule has 30 heavy (non-hydrogen) atoms. The molecule has 0 amide bonds. The fraction of sp³-hybridized carbons (Fsp3) is 0.667. The Morgan fingerprint density at radius 1 is 0.567 bits per heavy atom. The van der Waals surface area contributed by atoms with E-state index >= 15 is 0 Å². The van der Waals surface area contributed by atoms with Gasteiger partial charge < -0.3 is 0 Å².